The molecule has 122 valence electrons. The van der Waals surface area contributed by atoms with E-state index in [4.69, 9.17) is 11.6 Å². The molecule has 1 aromatic heterocycles. The normalized spacial score (nSPS) is 10.4. The Balaban J connectivity index is 1.91. The molecule has 0 fully saturated rings. The molecule has 0 aliphatic rings. The molecule has 0 spiro atoms. The lowest BCUT2D eigenvalue weighted by atomic mass is 10.2. The van der Waals surface area contributed by atoms with Crippen LogP contribution in [0.3, 0.4) is 0 Å². The second kappa shape index (κ2) is 8.48. The number of nitrogens with zero attached hydrogens (tertiary/aromatic N) is 3. The van der Waals surface area contributed by atoms with E-state index in [9.17, 15) is 4.79 Å². The summed E-state index contributed by atoms with van der Waals surface area (Å²) in [5.74, 6) is 0.530. The van der Waals surface area contributed by atoms with E-state index in [-0.39, 0.29) is 5.91 Å². The predicted octanol–water partition coefficient (Wildman–Crippen LogP) is 3.61. The molecule has 0 saturated heterocycles. The molecule has 0 radical (unpaired) electrons. The average molecular weight is 333 g/mol. The topological polar surface area (TPSA) is 58.1 Å². The second-order valence-corrected chi connectivity index (χ2v) is 5.78. The number of hydrogen-bond acceptors (Lipinski definition) is 4. The van der Waals surface area contributed by atoms with Gasteiger partial charge in [-0.25, -0.2) is 9.97 Å². The first-order chi connectivity index (χ1) is 11.1. The van der Waals surface area contributed by atoms with Crippen LogP contribution in [0, 0.1) is 0 Å². The van der Waals surface area contributed by atoms with Crippen LogP contribution in [0.2, 0.25) is 5.02 Å². The summed E-state index contributed by atoms with van der Waals surface area (Å²) in [5.41, 5.74) is 1.45. The van der Waals surface area contributed by atoms with Crippen molar-refractivity contribution in [2.45, 2.75) is 26.3 Å². The number of unbranched alkanes of at least 4 members (excludes halogenated alkanes) is 1. The van der Waals surface area contributed by atoms with E-state index in [2.05, 4.69) is 22.2 Å². The van der Waals surface area contributed by atoms with E-state index in [0.717, 1.165) is 24.9 Å². The summed E-state index contributed by atoms with van der Waals surface area (Å²) < 4.78 is 0. The minimum atomic E-state index is -0.102. The number of halogens is 1. The molecule has 1 heterocycles. The van der Waals surface area contributed by atoms with Gasteiger partial charge in [-0.05, 0) is 24.1 Å². The Morgan fingerprint density at radius 1 is 1.22 bits per heavy atom. The molecule has 23 heavy (non-hydrogen) atoms. The Labute approximate surface area is 141 Å². The molecular formula is C17H21ClN4O. The highest BCUT2D eigenvalue weighted by Gasteiger charge is 2.12. The molecule has 0 atom stereocenters. The first-order valence-corrected chi connectivity index (χ1v) is 8.03. The van der Waals surface area contributed by atoms with E-state index in [1.807, 2.05) is 24.3 Å². The number of hydrogen-bond donors (Lipinski definition) is 1. The molecule has 0 aliphatic carbocycles. The fraction of sp³-hybridized carbons (Fsp3) is 0.353. The molecule has 0 bridgehead atoms. The van der Waals surface area contributed by atoms with Gasteiger partial charge in [0.2, 0.25) is 0 Å². The van der Waals surface area contributed by atoms with Crippen LogP contribution in [0.5, 0.6) is 0 Å². The standard InChI is InChI=1S/C17H21ClN4O/c1-3-4-9-22(2)17(23)15-11-21-16(12-19-15)20-10-13-5-7-14(18)8-6-13/h5-8,11-12H,3-4,9-10H2,1-2H3,(H,20,21). The minimum Gasteiger partial charge on any atom is -0.365 e. The van der Waals surface area contributed by atoms with Crippen molar-refractivity contribution in [3.05, 3.63) is 52.9 Å². The first-order valence-electron chi connectivity index (χ1n) is 7.66. The molecule has 1 amide bonds. The van der Waals surface area contributed by atoms with Crippen LogP contribution in [0.4, 0.5) is 5.82 Å². The van der Waals surface area contributed by atoms with Gasteiger partial charge in [-0.2, -0.15) is 0 Å². The number of carbonyl (C=O) groups is 1. The lowest BCUT2D eigenvalue weighted by Crippen LogP contribution is -2.28. The highest BCUT2D eigenvalue weighted by molar-refractivity contribution is 6.30. The summed E-state index contributed by atoms with van der Waals surface area (Å²) in [4.78, 5) is 22.3. The van der Waals surface area contributed by atoms with Crippen molar-refractivity contribution in [2.24, 2.45) is 0 Å². The van der Waals surface area contributed by atoms with Gasteiger partial charge < -0.3 is 10.2 Å². The van der Waals surface area contributed by atoms with Gasteiger partial charge in [0.15, 0.2) is 0 Å². The number of benzene rings is 1. The van der Waals surface area contributed by atoms with Crippen LogP contribution in [0.25, 0.3) is 0 Å². The van der Waals surface area contributed by atoms with Crippen molar-refractivity contribution in [3.8, 4) is 0 Å². The van der Waals surface area contributed by atoms with Crippen molar-refractivity contribution in [2.75, 3.05) is 18.9 Å². The fourth-order valence-electron chi connectivity index (χ4n) is 2.02. The zero-order valence-electron chi connectivity index (χ0n) is 13.4. The van der Waals surface area contributed by atoms with Gasteiger partial charge in [-0.3, -0.25) is 4.79 Å². The van der Waals surface area contributed by atoms with Crippen LogP contribution in [-0.2, 0) is 6.54 Å². The molecular weight excluding hydrogens is 312 g/mol. The van der Waals surface area contributed by atoms with Gasteiger partial charge in [0.05, 0.1) is 12.4 Å². The lowest BCUT2D eigenvalue weighted by Gasteiger charge is -2.16. The Hall–Kier alpha value is -2.14. The highest BCUT2D eigenvalue weighted by Crippen LogP contribution is 2.11. The third-order valence-electron chi connectivity index (χ3n) is 3.45. The Morgan fingerprint density at radius 3 is 2.57 bits per heavy atom. The maximum absolute atomic E-state index is 12.2. The summed E-state index contributed by atoms with van der Waals surface area (Å²) in [7, 11) is 1.78. The summed E-state index contributed by atoms with van der Waals surface area (Å²) in [5, 5.41) is 3.88. The largest absolute Gasteiger partial charge is 0.365 e. The quantitative estimate of drug-likeness (QED) is 0.841. The summed E-state index contributed by atoms with van der Waals surface area (Å²) in [6, 6.07) is 7.59. The molecule has 0 aliphatic heterocycles. The highest BCUT2D eigenvalue weighted by atomic mass is 35.5. The SMILES string of the molecule is CCCCN(C)C(=O)c1cnc(NCc2ccc(Cl)cc2)cn1. The van der Waals surface area contributed by atoms with Crippen LogP contribution in [0.1, 0.15) is 35.8 Å². The predicted molar refractivity (Wildman–Crippen MR) is 92.7 cm³/mol. The van der Waals surface area contributed by atoms with Crippen molar-refractivity contribution in [1.82, 2.24) is 14.9 Å². The number of aromatic nitrogens is 2. The van der Waals surface area contributed by atoms with Crippen LogP contribution >= 0.6 is 11.6 Å². The number of carbonyl (C=O) groups excluding carboxylic acids is 1. The molecule has 2 aromatic rings. The van der Waals surface area contributed by atoms with Crippen LogP contribution < -0.4 is 5.32 Å². The zero-order valence-corrected chi connectivity index (χ0v) is 14.2. The first kappa shape index (κ1) is 17.2. The monoisotopic (exact) mass is 332 g/mol. The molecule has 0 saturated carbocycles. The van der Waals surface area contributed by atoms with E-state index >= 15 is 0 Å². The van der Waals surface area contributed by atoms with Crippen molar-refractivity contribution in [3.63, 3.8) is 0 Å². The van der Waals surface area contributed by atoms with Crippen LogP contribution in [0.15, 0.2) is 36.7 Å². The third-order valence-corrected chi connectivity index (χ3v) is 3.70. The van der Waals surface area contributed by atoms with Gasteiger partial charge in [0, 0.05) is 25.2 Å². The van der Waals surface area contributed by atoms with Gasteiger partial charge >= 0.3 is 0 Å². The Bertz CT molecular complexity index is 628. The van der Waals surface area contributed by atoms with Crippen molar-refractivity contribution < 1.29 is 4.79 Å². The molecule has 6 heteroatoms. The Morgan fingerprint density at radius 2 is 1.96 bits per heavy atom. The van der Waals surface area contributed by atoms with Gasteiger partial charge in [-0.15, -0.1) is 0 Å². The van der Waals surface area contributed by atoms with E-state index in [1.54, 1.807) is 18.1 Å². The smallest absolute Gasteiger partial charge is 0.273 e. The van der Waals surface area contributed by atoms with Gasteiger partial charge in [0.25, 0.3) is 5.91 Å². The van der Waals surface area contributed by atoms with Crippen molar-refractivity contribution in [1.29, 1.82) is 0 Å². The van der Waals surface area contributed by atoms with E-state index in [0.29, 0.717) is 23.1 Å². The van der Waals surface area contributed by atoms with Gasteiger partial charge in [0.1, 0.15) is 11.5 Å². The number of amides is 1. The van der Waals surface area contributed by atoms with E-state index in [1.165, 1.54) is 6.20 Å². The number of rotatable bonds is 7. The third kappa shape index (κ3) is 5.21. The van der Waals surface area contributed by atoms with Crippen LogP contribution in [-0.4, -0.2) is 34.4 Å². The molecule has 5 nitrogen and oxygen atoms in total. The second-order valence-electron chi connectivity index (χ2n) is 5.35. The fourth-order valence-corrected chi connectivity index (χ4v) is 2.14. The minimum absolute atomic E-state index is 0.102. The molecule has 2 rings (SSSR count). The molecule has 1 N–H and O–H groups in total. The maximum Gasteiger partial charge on any atom is 0.273 e. The molecule has 0 unspecified atom stereocenters. The number of anilines is 1. The number of nitrogens with one attached hydrogen (secondary N) is 1. The average Bonchev–Trinajstić information content (AvgIpc) is 2.59. The van der Waals surface area contributed by atoms with E-state index < -0.39 is 0 Å². The Kier molecular flexibility index (Phi) is 6.35. The van der Waals surface area contributed by atoms with Crippen molar-refractivity contribution >= 4 is 23.3 Å². The summed E-state index contributed by atoms with van der Waals surface area (Å²) in [6.45, 7) is 3.45. The molecule has 1 aromatic carbocycles. The summed E-state index contributed by atoms with van der Waals surface area (Å²) in [6.07, 6.45) is 5.12. The maximum atomic E-state index is 12.2. The lowest BCUT2D eigenvalue weighted by molar-refractivity contribution is 0.0787. The van der Waals surface area contributed by atoms with Gasteiger partial charge in [-0.1, -0.05) is 37.1 Å². The summed E-state index contributed by atoms with van der Waals surface area (Å²) >= 11 is 5.85. The zero-order chi connectivity index (χ0) is 16.7.